The van der Waals surface area contributed by atoms with Gasteiger partial charge in [0.1, 0.15) is 5.69 Å². The molecule has 0 aliphatic rings. The number of halogens is 1. The van der Waals surface area contributed by atoms with Crippen molar-refractivity contribution in [3.63, 3.8) is 0 Å². The van der Waals surface area contributed by atoms with Gasteiger partial charge in [0.25, 0.3) is 5.56 Å². The molecular formula is C22H22ClN3O2. The fourth-order valence-corrected chi connectivity index (χ4v) is 3.09. The number of urea groups is 1. The van der Waals surface area contributed by atoms with Gasteiger partial charge in [-0.2, -0.15) is 0 Å². The third-order valence-electron chi connectivity index (χ3n) is 4.50. The average molecular weight is 396 g/mol. The summed E-state index contributed by atoms with van der Waals surface area (Å²) in [5.74, 6) is 0. The Balaban J connectivity index is 1.80. The van der Waals surface area contributed by atoms with E-state index < -0.39 is 6.03 Å². The van der Waals surface area contributed by atoms with E-state index in [0.717, 1.165) is 17.5 Å². The zero-order chi connectivity index (χ0) is 20.1. The Bertz CT molecular complexity index is 1060. The van der Waals surface area contributed by atoms with Crippen LogP contribution < -0.4 is 16.2 Å². The van der Waals surface area contributed by atoms with Gasteiger partial charge in [0.05, 0.1) is 6.54 Å². The molecular weight excluding hydrogens is 374 g/mol. The van der Waals surface area contributed by atoms with Gasteiger partial charge in [-0.25, -0.2) is 4.79 Å². The van der Waals surface area contributed by atoms with Crippen molar-refractivity contribution >= 4 is 29.0 Å². The summed E-state index contributed by atoms with van der Waals surface area (Å²) in [5, 5.41) is 6.06. The minimum absolute atomic E-state index is 0.249. The molecule has 0 unspecified atom stereocenters. The number of carbonyl (C=O) groups is 1. The summed E-state index contributed by atoms with van der Waals surface area (Å²) in [7, 11) is 0. The average Bonchev–Trinajstić information content (AvgIpc) is 2.69. The van der Waals surface area contributed by atoms with Crippen LogP contribution >= 0.6 is 11.6 Å². The molecule has 144 valence electrons. The molecule has 3 rings (SSSR count). The van der Waals surface area contributed by atoms with Crippen molar-refractivity contribution in [2.45, 2.75) is 26.8 Å². The summed E-state index contributed by atoms with van der Waals surface area (Å²) in [6.07, 6.45) is 2.58. The summed E-state index contributed by atoms with van der Waals surface area (Å²) < 4.78 is 1.53. The molecule has 1 heterocycles. The normalized spacial score (nSPS) is 10.5. The molecule has 3 aromatic rings. The van der Waals surface area contributed by atoms with E-state index in [0.29, 0.717) is 22.8 Å². The van der Waals surface area contributed by atoms with Gasteiger partial charge in [0.2, 0.25) is 0 Å². The second-order valence-electron chi connectivity index (χ2n) is 6.53. The van der Waals surface area contributed by atoms with Crippen LogP contribution in [0.4, 0.5) is 16.2 Å². The summed E-state index contributed by atoms with van der Waals surface area (Å²) in [5.41, 5.74) is 3.30. The van der Waals surface area contributed by atoms with Crippen LogP contribution in [-0.4, -0.2) is 10.6 Å². The van der Waals surface area contributed by atoms with Gasteiger partial charge >= 0.3 is 6.03 Å². The second kappa shape index (κ2) is 8.76. The Hall–Kier alpha value is -3.05. The lowest BCUT2D eigenvalue weighted by atomic mass is 10.1. The van der Waals surface area contributed by atoms with Gasteiger partial charge in [-0.15, -0.1) is 0 Å². The summed E-state index contributed by atoms with van der Waals surface area (Å²) >= 11 is 6.20. The summed E-state index contributed by atoms with van der Waals surface area (Å²) in [6, 6.07) is 16.3. The number of nitrogens with one attached hydrogen (secondary N) is 2. The Morgan fingerprint density at radius 1 is 1.07 bits per heavy atom. The third kappa shape index (κ3) is 4.61. The second-order valence-corrected chi connectivity index (χ2v) is 6.94. The van der Waals surface area contributed by atoms with Crippen molar-refractivity contribution in [2.75, 3.05) is 10.6 Å². The molecule has 2 amide bonds. The maximum absolute atomic E-state index is 12.9. The molecule has 1 aromatic heterocycles. The lowest BCUT2D eigenvalue weighted by Crippen LogP contribution is -2.29. The van der Waals surface area contributed by atoms with Crippen LogP contribution in [0.1, 0.15) is 23.6 Å². The highest BCUT2D eigenvalue weighted by Crippen LogP contribution is 2.17. The highest BCUT2D eigenvalue weighted by atomic mass is 35.5. The highest BCUT2D eigenvalue weighted by molar-refractivity contribution is 6.31. The maximum atomic E-state index is 12.9. The molecule has 0 aliphatic heterocycles. The summed E-state index contributed by atoms with van der Waals surface area (Å²) in [4.78, 5) is 25.3. The van der Waals surface area contributed by atoms with Crippen LogP contribution in [0.5, 0.6) is 0 Å². The monoisotopic (exact) mass is 395 g/mol. The van der Waals surface area contributed by atoms with E-state index >= 15 is 0 Å². The lowest BCUT2D eigenvalue weighted by Gasteiger charge is -2.13. The Morgan fingerprint density at radius 3 is 2.61 bits per heavy atom. The Morgan fingerprint density at radius 2 is 1.86 bits per heavy atom. The fraction of sp³-hybridized carbons (Fsp3) is 0.182. The van der Waals surface area contributed by atoms with E-state index in [-0.39, 0.29) is 11.2 Å². The number of aryl methyl sites for hydroxylation is 2. The molecule has 0 saturated carbocycles. The third-order valence-corrected chi connectivity index (χ3v) is 4.87. The first-order chi connectivity index (χ1) is 13.5. The lowest BCUT2D eigenvalue weighted by molar-refractivity contribution is 0.262. The van der Waals surface area contributed by atoms with Crippen LogP contribution in [0, 0.1) is 6.92 Å². The van der Waals surface area contributed by atoms with Gasteiger partial charge in [0, 0.05) is 16.9 Å². The number of hydrogen-bond acceptors (Lipinski definition) is 2. The van der Waals surface area contributed by atoms with E-state index in [1.165, 1.54) is 4.57 Å². The molecule has 6 heteroatoms. The smallest absolute Gasteiger partial charge is 0.309 e. The predicted octanol–water partition coefficient (Wildman–Crippen LogP) is 5.06. The molecule has 28 heavy (non-hydrogen) atoms. The number of amides is 2. The van der Waals surface area contributed by atoms with Crippen molar-refractivity contribution in [1.82, 2.24) is 4.57 Å². The van der Waals surface area contributed by atoms with Gasteiger partial charge in [0.15, 0.2) is 0 Å². The molecule has 5 nitrogen and oxygen atoms in total. The first kappa shape index (κ1) is 19.7. The van der Waals surface area contributed by atoms with Crippen molar-refractivity contribution in [2.24, 2.45) is 0 Å². The van der Waals surface area contributed by atoms with Crippen molar-refractivity contribution < 1.29 is 4.79 Å². The van der Waals surface area contributed by atoms with Crippen LogP contribution in [0.3, 0.4) is 0 Å². The van der Waals surface area contributed by atoms with Crippen molar-refractivity contribution in [3.8, 4) is 0 Å². The number of hydrogen-bond donors (Lipinski definition) is 2. The van der Waals surface area contributed by atoms with Gasteiger partial charge < -0.3 is 15.2 Å². The topological polar surface area (TPSA) is 63.1 Å². The van der Waals surface area contributed by atoms with Gasteiger partial charge in [-0.3, -0.25) is 4.79 Å². The summed E-state index contributed by atoms with van der Waals surface area (Å²) in [6.45, 7) is 4.16. The van der Waals surface area contributed by atoms with Crippen LogP contribution in [-0.2, 0) is 13.0 Å². The minimum Gasteiger partial charge on any atom is -0.309 e. The standard InChI is InChI=1S/C22H22ClN3O2/c1-3-16-7-6-9-18(13-16)24-22(28)25-20-15(2)11-12-26(21(20)27)14-17-8-4-5-10-19(17)23/h4-13H,3,14H2,1-2H3,(H2,24,25,28). The van der Waals surface area contributed by atoms with Crippen molar-refractivity contribution in [3.05, 3.63) is 92.9 Å². The highest BCUT2D eigenvalue weighted by Gasteiger charge is 2.12. The zero-order valence-corrected chi connectivity index (χ0v) is 16.6. The van der Waals surface area contributed by atoms with E-state index in [1.54, 1.807) is 25.3 Å². The Labute approximate surface area is 169 Å². The van der Waals surface area contributed by atoms with E-state index in [2.05, 4.69) is 10.6 Å². The number of rotatable bonds is 5. The quantitative estimate of drug-likeness (QED) is 0.633. The van der Waals surface area contributed by atoms with E-state index in [4.69, 9.17) is 11.6 Å². The first-order valence-corrected chi connectivity index (χ1v) is 9.46. The number of benzene rings is 2. The number of pyridine rings is 1. The van der Waals surface area contributed by atoms with Crippen LogP contribution in [0.25, 0.3) is 0 Å². The number of anilines is 2. The number of carbonyl (C=O) groups excluding carboxylic acids is 1. The molecule has 0 fully saturated rings. The predicted molar refractivity (Wildman–Crippen MR) is 114 cm³/mol. The van der Waals surface area contributed by atoms with E-state index in [9.17, 15) is 9.59 Å². The molecule has 0 spiro atoms. The molecule has 0 bridgehead atoms. The zero-order valence-electron chi connectivity index (χ0n) is 15.8. The minimum atomic E-state index is -0.455. The van der Waals surface area contributed by atoms with Gasteiger partial charge in [-0.05, 0) is 54.3 Å². The maximum Gasteiger partial charge on any atom is 0.323 e. The van der Waals surface area contributed by atoms with Crippen LogP contribution in [0.15, 0.2) is 65.6 Å². The first-order valence-electron chi connectivity index (χ1n) is 9.08. The number of aromatic nitrogens is 1. The van der Waals surface area contributed by atoms with Gasteiger partial charge in [-0.1, -0.05) is 48.9 Å². The number of nitrogens with zero attached hydrogens (tertiary/aromatic N) is 1. The molecule has 0 radical (unpaired) electrons. The Kier molecular flexibility index (Phi) is 6.16. The molecule has 2 N–H and O–H groups in total. The molecule has 0 atom stereocenters. The van der Waals surface area contributed by atoms with E-state index in [1.807, 2.05) is 49.4 Å². The SMILES string of the molecule is CCc1cccc(NC(=O)Nc2c(C)ccn(Cc3ccccc3Cl)c2=O)c1. The molecule has 0 saturated heterocycles. The molecule has 2 aromatic carbocycles. The largest absolute Gasteiger partial charge is 0.323 e. The molecule has 0 aliphatic carbocycles. The fourth-order valence-electron chi connectivity index (χ4n) is 2.90. The van der Waals surface area contributed by atoms with Crippen molar-refractivity contribution in [1.29, 1.82) is 0 Å². The van der Waals surface area contributed by atoms with Crippen LogP contribution in [0.2, 0.25) is 5.02 Å².